The lowest BCUT2D eigenvalue weighted by Gasteiger charge is -2.25. The van der Waals surface area contributed by atoms with Gasteiger partial charge in [0.05, 0.1) is 6.04 Å². The van der Waals surface area contributed by atoms with Crippen molar-refractivity contribution in [1.29, 1.82) is 0 Å². The summed E-state index contributed by atoms with van der Waals surface area (Å²) >= 11 is 0. The van der Waals surface area contributed by atoms with Gasteiger partial charge in [-0.1, -0.05) is 44.2 Å². The highest BCUT2D eigenvalue weighted by molar-refractivity contribution is 5.92. The summed E-state index contributed by atoms with van der Waals surface area (Å²) in [5, 5.41) is 20.4. The quantitative estimate of drug-likeness (QED) is 0.293. The van der Waals surface area contributed by atoms with Crippen LogP contribution in [-0.4, -0.2) is 60.2 Å². The lowest BCUT2D eigenvalue weighted by atomic mass is 10.0. The number of amides is 3. The summed E-state index contributed by atoms with van der Waals surface area (Å²) in [6.07, 6.45) is 1.44. The van der Waals surface area contributed by atoms with Crippen LogP contribution in [0.2, 0.25) is 0 Å². The normalized spacial score (nSPS) is 17.1. The monoisotopic (exact) mass is 462 g/mol. The lowest BCUT2D eigenvalue weighted by molar-refractivity contribution is -0.142. The Balaban J connectivity index is 1.76. The van der Waals surface area contributed by atoms with Crippen molar-refractivity contribution >= 4 is 23.9 Å². The van der Waals surface area contributed by atoms with E-state index < -0.39 is 30.1 Å². The first-order valence-electron chi connectivity index (χ1n) is 11.3. The third-order valence-electron chi connectivity index (χ3n) is 5.39. The van der Waals surface area contributed by atoms with E-state index in [4.69, 9.17) is 4.74 Å². The third kappa shape index (κ3) is 9.09. The molecule has 1 aliphatic heterocycles. The molecule has 1 heterocycles. The molecule has 0 saturated carbocycles. The molecule has 2 rings (SSSR count). The van der Waals surface area contributed by atoms with Crippen molar-refractivity contribution in [2.45, 2.75) is 64.3 Å². The van der Waals surface area contributed by atoms with Crippen molar-refractivity contribution in [3.63, 3.8) is 0 Å². The van der Waals surface area contributed by atoms with E-state index in [2.05, 4.69) is 21.3 Å². The number of carbonyl (C=O) groups is 4. The smallest absolute Gasteiger partial charge is 0.407 e. The van der Waals surface area contributed by atoms with Crippen molar-refractivity contribution in [3.8, 4) is 0 Å². The van der Waals surface area contributed by atoms with Gasteiger partial charge in [-0.2, -0.15) is 0 Å². The summed E-state index contributed by atoms with van der Waals surface area (Å²) in [6, 6.07) is 6.92. The summed E-state index contributed by atoms with van der Waals surface area (Å²) in [7, 11) is 0. The van der Waals surface area contributed by atoms with Gasteiger partial charge in [-0.15, -0.1) is 0 Å². The Morgan fingerprint density at radius 3 is 2.48 bits per heavy atom. The molecule has 3 atom stereocenters. The third-order valence-corrected chi connectivity index (χ3v) is 5.39. The Hall–Kier alpha value is -3.14. The van der Waals surface area contributed by atoms with E-state index in [1.54, 1.807) is 13.8 Å². The minimum atomic E-state index is -1.18. The van der Waals surface area contributed by atoms with Gasteiger partial charge < -0.3 is 31.1 Å². The Kier molecular flexibility index (Phi) is 10.6. The summed E-state index contributed by atoms with van der Waals surface area (Å²) in [5.41, 5.74) is 0.858. The van der Waals surface area contributed by atoms with E-state index >= 15 is 0 Å². The Bertz CT molecular complexity index is 795. The first-order chi connectivity index (χ1) is 15.8. The number of carboxylic acids is 1. The number of carbonyl (C=O) groups excluding carboxylic acids is 3. The molecule has 1 aromatic rings. The fraction of sp³-hybridized carbons (Fsp3) is 0.565. The first kappa shape index (κ1) is 26.1. The Morgan fingerprint density at radius 2 is 1.88 bits per heavy atom. The molecule has 0 radical (unpaired) electrons. The van der Waals surface area contributed by atoms with Crippen molar-refractivity contribution < 1.29 is 29.0 Å². The molecule has 0 aromatic heterocycles. The van der Waals surface area contributed by atoms with Crippen LogP contribution in [0.3, 0.4) is 0 Å². The molecule has 1 fully saturated rings. The van der Waals surface area contributed by atoms with E-state index in [0.717, 1.165) is 18.5 Å². The van der Waals surface area contributed by atoms with Crippen LogP contribution in [0.5, 0.6) is 0 Å². The maximum absolute atomic E-state index is 12.7. The average Bonchev–Trinajstić information content (AvgIpc) is 3.33. The second-order valence-electron chi connectivity index (χ2n) is 8.41. The second kappa shape index (κ2) is 13.4. The average molecular weight is 463 g/mol. The highest BCUT2D eigenvalue weighted by Crippen LogP contribution is 2.09. The van der Waals surface area contributed by atoms with Gasteiger partial charge in [0.15, 0.2) is 0 Å². The molecule has 33 heavy (non-hydrogen) atoms. The van der Waals surface area contributed by atoms with E-state index in [9.17, 15) is 24.3 Å². The molecule has 0 spiro atoms. The van der Waals surface area contributed by atoms with Gasteiger partial charge in [-0.3, -0.25) is 9.59 Å². The standard InChI is InChI=1S/C23H34N4O6/c1-15(2)19(27-20(28)17-10-6-12-24-17)21(29)26-18(22(30)31)11-7-13-25-23(32)33-14-16-8-4-3-5-9-16/h3-5,8-9,15,17-19,24H,6-7,10-14H2,1-2H3,(H,25,32)(H,26,29)(H,27,28)(H,30,31)/t17-,18-,19-/m0/s1. The van der Waals surface area contributed by atoms with E-state index in [1.807, 2.05) is 30.3 Å². The van der Waals surface area contributed by atoms with Crippen LogP contribution >= 0.6 is 0 Å². The number of nitrogens with one attached hydrogen (secondary N) is 4. The topological polar surface area (TPSA) is 146 Å². The zero-order valence-electron chi connectivity index (χ0n) is 19.1. The highest BCUT2D eigenvalue weighted by atomic mass is 16.5. The predicted octanol–water partition coefficient (Wildman–Crippen LogP) is 1.16. The van der Waals surface area contributed by atoms with Crippen LogP contribution in [0, 0.1) is 5.92 Å². The van der Waals surface area contributed by atoms with Crippen molar-refractivity contribution in [2.75, 3.05) is 13.1 Å². The molecular formula is C23H34N4O6. The van der Waals surface area contributed by atoms with Crippen molar-refractivity contribution in [2.24, 2.45) is 5.92 Å². The van der Waals surface area contributed by atoms with Crippen molar-refractivity contribution in [3.05, 3.63) is 35.9 Å². The lowest BCUT2D eigenvalue weighted by Crippen LogP contribution is -2.56. The predicted molar refractivity (Wildman–Crippen MR) is 121 cm³/mol. The fourth-order valence-corrected chi connectivity index (χ4v) is 3.49. The molecule has 0 unspecified atom stereocenters. The minimum Gasteiger partial charge on any atom is -0.480 e. The molecule has 1 aromatic carbocycles. The fourth-order valence-electron chi connectivity index (χ4n) is 3.49. The maximum Gasteiger partial charge on any atom is 0.407 e. The van der Waals surface area contributed by atoms with Crippen LogP contribution in [0.4, 0.5) is 4.79 Å². The molecule has 10 heteroatoms. The maximum atomic E-state index is 12.7. The summed E-state index contributed by atoms with van der Waals surface area (Å²) in [6.45, 7) is 4.66. The summed E-state index contributed by atoms with van der Waals surface area (Å²) in [5.74, 6) is -2.20. The van der Waals surface area contributed by atoms with Gasteiger partial charge in [0.2, 0.25) is 11.8 Å². The van der Waals surface area contributed by atoms with Crippen LogP contribution < -0.4 is 21.3 Å². The number of rotatable bonds is 12. The molecule has 3 amide bonds. The van der Waals surface area contributed by atoms with Crippen LogP contribution in [0.15, 0.2) is 30.3 Å². The van der Waals surface area contributed by atoms with Crippen LogP contribution in [-0.2, 0) is 25.7 Å². The van der Waals surface area contributed by atoms with Crippen molar-refractivity contribution in [1.82, 2.24) is 21.3 Å². The number of carboxylic acid groups (broad SMARTS) is 1. The SMILES string of the molecule is CC(C)[C@H](NC(=O)[C@@H]1CCCN1)C(=O)N[C@@H](CCCNC(=O)OCc1ccccc1)C(=O)O. The summed E-state index contributed by atoms with van der Waals surface area (Å²) in [4.78, 5) is 48.5. The highest BCUT2D eigenvalue weighted by Gasteiger charge is 2.31. The number of hydrogen-bond acceptors (Lipinski definition) is 6. The molecule has 1 aliphatic rings. The Morgan fingerprint density at radius 1 is 1.15 bits per heavy atom. The second-order valence-corrected chi connectivity index (χ2v) is 8.41. The van der Waals surface area contributed by atoms with Crippen LogP contribution in [0.1, 0.15) is 45.1 Å². The molecular weight excluding hydrogens is 428 g/mol. The first-order valence-corrected chi connectivity index (χ1v) is 11.3. The number of alkyl carbamates (subject to hydrolysis) is 1. The molecule has 5 N–H and O–H groups in total. The molecule has 182 valence electrons. The molecule has 0 aliphatic carbocycles. The van der Waals surface area contributed by atoms with E-state index in [-0.39, 0.29) is 37.4 Å². The van der Waals surface area contributed by atoms with E-state index in [1.165, 1.54) is 0 Å². The number of hydrogen-bond donors (Lipinski definition) is 5. The van der Waals surface area contributed by atoms with Gasteiger partial charge in [0.25, 0.3) is 0 Å². The van der Waals surface area contributed by atoms with Crippen LogP contribution in [0.25, 0.3) is 0 Å². The molecule has 0 bridgehead atoms. The minimum absolute atomic E-state index is 0.114. The zero-order valence-corrected chi connectivity index (χ0v) is 19.1. The zero-order chi connectivity index (χ0) is 24.2. The molecule has 10 nitrogen and oxygen atoms in total. The number of ether oxygens (including phenoxy) is 1. The van der Waals surface area contributed by atoms with Gasteiger partial charge in [0, 0.05) is 6.54 Å². The van der Waals surface area contributed by atoms with Gasteiger partial charge in [-0.05, 0) is 43.7 Å². The largest absolute Gasteiger partial charge is 0.480 e. The van der Waals surface area contributed by atoms with Gasteiger partial charge in [0.1, 0.15) is 18.7 Å². The van der Waals surface area contributed by atoms with Gasteiger partial charge >= 0.3 is 12.1 Å². The van der Waals surface area contributed by atoms with Gasteiger partial charge in [-0.25, -0.2) is 9.59 Å². The Labute approximate surface area is 193 Å². The van der Waals surface area contributed by atoms with E-state index in [0.29, 0.717) is 12.8 Å². The number of aliphatic carboxylic acids is 1. The summed E-state index contributed by atoms with van der Waals surface area (Å²) < 4.78 is 5.10. The number of benzene rings is 1. The molecule has 1 saturated heterocycles.